The number of hydrogen-bond acceptors (Lipinski definition) is 5. The van der Waals surface area contributed by atoms with E-state index in [0.29, 0.717) is 19.5 Å². The molecule has 0 aromatic heterocycles. The number of benzene rings is 1. The van der Waals surface area contributed by atoms with Crippen LogP contribution in [-0.2, 0) is 19.1 Å². The molecular formula is C28H35N3O5. The topological polar surface area (TPSA) is 90.4 Å². The van der Waals surface area contributed by atoms with E-state index in [0.717, 1.165) is 16.8 Å². The van der Waals surface area contributed by atoms with Crippen molar-refractivity contribution in [3.63, 3.8) is 0 Å². The van der Waals surface area contributed by atoms with Gasteiger partial charge in [-0.1, -0.05) is 49.4 Å². The quantitative estimate of drug-likeness (QED) is 0.648. The van der Waals surface area contributed by atoms with E-state index >= 15 is 0 Å². The number of nitrogens with zero attached hydrogens (tertiary/aromatic N) is 3. The number of amides is 3. The highest BCUT2D eigenvalue weighted by Gasteiger charge is 2.75. The molecule has 8 nitrogen and oxygen atoms in total. The number of hydrogen-bond donors (Lipinski definition) is 1. The summed E-state index contributed by atoms with van der Waals surface area (Å²) in [5.74, 6) is -2.37. The van der Waals surface area contributed by atoms with Crippen LogP contribution in [-0.4, -0.2) is 82.7 Å². The van der Waals surface area contributed by atoms with Gasteiger partial charge in [0.05, 0.1) is 30.1 Å². The minimum absolute atomic E-state index is 0.161. The Morgan fingerprint density at radius 1 is 1.03 bits per heavy atom. The van der Waals surface area contributed by atoms with Crippen molar-refractivity contribution in [2.24, 2.45) is 11.8 Å². The van der Waals surface area contributed by atoms with Gasteiger partial charge in [0.25, 0.3) is 5.91 Å². The first-order chi connectivity index (χ1) is 17.1. The summed E-state index contributed by atoms with van der Waals surface area (Å²) in [6.07, 6.45) is 8.07. The summed E-state index contributed by atoms with van der Waals surface area (Å²) >= 11 is 0. The molecule has 1 aromatic carbocycles. The highest BCUT2D eigenvalue weighted by atomic mass is 16.5. The lowest BCUT2D eigenvalue weighted by atomic mass is 9.73. The van der Waals surface area contributed by atoms with Crippen LogP contribution in [0.1, 0.15) is 31.4 Å². The fourth-order valence-corrected chi connectivity index (χ4v) is 6.82. The summed E-state index contributed by atoms with van der Waals surface area (Å²) in [4.78, 5) is 47.2. The van der Waals surface area contributed by atoms with Gasteiger partial charge >= 0.3 is 0 Å². The first kappa shape index (κ1) is 24.7. The standard InChI is InChI=1S/C28H35N3O5/c1-6-27-12-8-14-29(5)24(33)20(27)21-25(34)31(19(4)16-32)23-26(35)30(15-9-13-28(21,23)36-27)22-17(2)10-7-11-18(22)3/h7-13,19-21,23,32H,6,14-16H2,1-5H3/t19-,20-,21+,23?,27+,28+/m1/s1. The van der Waals surface area contributed by atoms with Crippen LogP contribution >= 0.6 is 0 Å². The maximum atomic E-state index is 14.5. The third-order valence-electron chi connectivity index (χ3n) is 8.53. The van der Waals surface area contributed by atoms with Crippen molar-refractivity contribution < 1.29 is 24.2 Å². The highest BCUT2D eigenvalue weighted by molar-refractivity contribution is 6.06. The van der Waals surface area contributed by atoms with Gasteiger partial charge in [0.2, 0.25) is 11.8 Å². The average molecular weight is 494 g/mol. The lowest BCUT2D eigenvalue weighted by Gasteiger charge is -2.40. The first-order valence-electron chi connectivity index (χ1n) is 12.7. The van der Waals surface area contributed by atoms with E-state index in [-0.39, 0.29) is 24.3 Å². The third-order valence-corrected chi connectivity index (χ3v) is 8.53. The predicted octanol–water partition coefficient (Wildman–Crippen LogP) is 1.98. The van der Waals surface area contributed by atoms with Crippen molar-refractivity contribution in [3.8, 4) is 0 Å². The van der Waals surface area contributed by atoms with Gasteiger partial charge in [-0.2, -0.15) is 0 Å². The molecule has 0 aliphatic carbocycles. The molecule has 4 aliphatic rings. The van der Waals surface area contributed by atoms with E-state index in [1.54, 1.807) is 23.8 Å². The lowest BCUT2D eigenvalue weighted by Crippen LogP contribution is -2.58. The van der Waals surface area contributed by atoms with Crippen LogP contribution in [0.2, 0.25) is 0 Å². The summed E-state index contributed by atoms with van der Waals surface area (Å²) in [6.45, 7) is 8.06. The number of carbonyl (C=O) groups excluding carboxylic acids is 3. The summed E-state index contributed by atoms with van der Waals surface area (Å²) in [7, 11) is 1.73. The molecule has 0 radical (unpaired) electrons. The third kappa shape index (κ3) is 3.16. The Bertz CT molecular complexity index is 1160. The Labute approximate surface area is 212 Å². The average Bonchev–Trinajstić information content (AvgIpc) is 3.16. The molecule has 36 heavy (non-hydrogen) atoms. The molecule has 2 fully saturated rings. The number of likely N-dealkylation sites (N-methyl/N-ethyl adjacent to an activating group) is 1. The summed E-state index contributed by atoms with van der Waals surface area (Å²) in [6, 6.07) is 4.26. The second-order valence-electron chi connectivity index (χ2n) is 10.6. The second-order valence-corrected chi connectivity index (χ2v) is 10.6. The van der Waals surface area contributed by atoms with E-state index in [9.17, 15) is 19.5 Å². The Kier molecular flexibility index (Phi) is 5.87. The molecule has 2 saturated heterocycles. The molecule has 5 rings (SSSR count). The van der Waals surface area contributed by atoms with Crippen molar-refractivity contribution in [3.05, 3.63) is 53.6 Å². The highest BCUT2D eigenvalue weighted by Crippen LogP contribution is 2.59. The van der Waals surface area contributed by atoms with E-state index in [4.69, 9.17) is 4.74 Å². The van der Waals surface area contributed by atoms with Crippen LogP contribution in [0.5, 0.6) is 0 Å². The van der Waals surface area contributed by atoms with Crippen LogP contribution in [0.3, 0.4) is 0 Å². The van der Waals surface area contributed by atoms with Crippen LogP contribution in [0.15, 0.2) is 42.5 Å². The van der Waals surface area contributed by atoms with Crippen molar-refractivity contribution in [1.82, 2.24) is 9.80 Å². The molecule has 8 heteroatoms. The van der Waals surface area contributed by atoms with Crippen LogP contribution in [0, 0.1) is 25.7 Å². The molecule has 1 N–H and O–H groups in total. The van der Waals surface area contributed by atoms with Crippen LogP contribution in [0.4, 0.5) is 5.69 Å². The van der Waals surface area contributed by atoms with Crippen LogP contribution < -0.4 is 4.90 Å². The van der Waals surface area contributed by atoms with Crippen molar-refractivity contribution in [1.29, 1.82) is 0 Å². The molecular weight excluding hydrogens is 458 g/mol. The molecule has 4 aliphatic heterocycles. The molecule has 3 amide bonds. The molecule has 192 valence electrons. The number of rotatable bonds is 4. The van der Waals surface area contributed by atoms with Gasteiger partial charge in [-0.05, 0) is 38.3 Å². The molecule has 0 saturated carbocycles. The summed E-state index contributed by atoms with van der Waals surface area (Å²) < 4.78 is 6.89. The SMILES string of the molecule is CC[C@]12C=CCN(C)C(=O)[C@H]1[C@H]1C(=O)N([C@H](C)CO)C3C(=O)N(c4c(C)cccc4C)CC=C[C@@]31O2. The zero-order valence-corrected chi connectivity index (χ0v) is 21.6. The number of carbonyl (C=O) groups is 3. The zero-order chi connectivity index (χ0) is 26.0. The number of aryl methyl sites for hydroxylation is 2. The minimum Gasteiger partial charge on any atom is -0.394 e. The number of fused-ring (bicyclic) bond motifs is 2. The first-order valence-corrected chi connectivity index (χ1v) is 12.7. The minimum atomic E-state index is -1.32. The van der Waals surface area contributed by atoms with Crippen LogP contribution in [0.25, 0.3) is 0 Å². The van der Waals surface area contributed by atoms with Gasteiger partial charge in [-0.25, -0.2) is 0 Å². The normalized spacial score (nSPS) is 34.4. The lowest BCUT2D eigenvalue weighted by molar-refractivity contribution is -0.151. The zero-order valence-electron chi connectivity index (χ0n) is 21.6. The van der Waals surface area contributed by atoms with Gasteiger partial charge in [-0.3, -0.25) is 14.4 Å². The molecule has 4 heterocycles. The van der Waals surface area contributed by atoms with E-state index in [1.807, 2.05) is 63.3 Å². The van der Waals surface area contributed by atoms with Gasteiger partial charge in [0.1, 0.15) is 11.6 Å². The summed E-state index contributed by atoms with van der Waals surface area (Å²) in [5, 5.41) is 10.1. The molecule has 1 spiro atoms. The van der Waals surface area contributed by atoms with Gasteiger partial charge in [0, 0.05) is 25.8 Å². The van der Waals surface area contributed by atoms with Crippen molar-refractivity contribution in [2.75, 3.05) is 31.6 Å². The maximum Gasteiger partial charge on any atom is 0.253 e. The fraction of sp³-hybridized carbons (Fsp3) is 0.536. The Hall–Kier alpha value is -2.97. The predicted molar refractivity (Wildman–Crippen MR) is 135 cm³/mol. The Morgan fingerprint density at radius 2 is 1.69 bits per heavy atom. The van der Waals surface area contributed by atoms with Crippen molar-refractivity contribution >= 4 is 23.4 Å². The van der Waals surface area contributed by atoms with Crippen molar-refractivity contribution in [2.45, 2.75) is 57.4 Å². The number of likely N-dealkylation sites (tertiary alicyclic amines) is 1. The Balaban J connectivity index is 1.72. The Morgan fingerprint density at radius 3 is 2.33 bits per heavy atom. The van der Waals surface area contributed by atoms with Gasteiger partial charge in [0.15, 0.2) is 0 Å². The molecule has 1 aromatic rings. The second kappa shape index (κ2) is 8.56. The number of para-hydroxylation sites is 1. The number of aliphatic hydroxyl groups excluding tert-OH is 1. The monoisotopic (exact) mass is 493 g/mol. The number of aliphatic hydroxyl groups is 1. The summed E-state index contributed by atoms with van der Waals surface area (Å²) in [5.41, 5.74) is 0.412. The fourth-order valence-electron chi connectivity index (χ4n) is 6.82. The van der Waals surface area contributed by atoms with E-state index in [1.165, 1.54) is 4.90 Å². The van der Waals surface area contributed by atoms with E-state index < -0.39 is 35.1 Å². The molecule has 6 atom stereocenters. The molecule has 1 unspecified atom stereocenters. The molecule has 0 bridgehead atoms. The van der Waals surface area contributed by atoms with Gasteiger partial charge in [-0.15, -0.1) is 0 Å². The largest absolute Gasteiger partial charge is 0.394 e. The van der Waals surface area contributed by atoms with Gasteiger partial charge < -0.3 is 24.5 Å². The smallest absolute Gasteiger partial charge is 0.253 e. The number of anilines is 1. The number of ether oxygens (including phenoxy) is 1. The maximum absolute atomic E-state index is 14.5. The van der Waals surface area contributed by atoms with E-state index in [2.05, 4.69) is 0 Å².